The fraction of sp³-hybridized carbons (Fsp3) is 0.739. The average molecular weight is 466 g/mol. The Morgan fingerprint density at radius 2 is 1.59 bits per heavy atom. The molecule has 0 unspecified atom stereocenters. The first-order valence-electron chi connectivity index (χ1n) is 11.3. The van der Waals surface area contributed by atoms with Crippen molar-refractivity contribution in [3.63, 3.8) is 0 Å². The van der Waals surface area contributed by atoms with Crippen molar-refractivity contribution in [2.75, 3.05) is 19.8 Å². The molecular formula is C23H31F5O4. The van der Waals surface area contributed by atoms with E-state index in [-0.39, 0.29) is 18.3 Å². The molecule has 0 amide bonds. The number of benzene rings is 1. The minimum absolute atomic E-state index is 0.202. The van der Waals surface area contributed by atoms with Crippen molar-refractivity contribution in [2.24, 2.45) is 11.8 Å². The second-order valence-corrected chi connectivity index (χ2v) is 8.68. The molecule has 0 N–H and O–H groups in total. The third kappa shape index (κ3) is 7.28. The smallest absolute Gasteiger partial charge is 0.421 e. The van der Waals surface area contributed by atoms with Crippen molar-refractivity contribution in [3.05, 3.63) is 29.6 Å². The van der Waals surface area contributed by atoms with Gasteiger partial charge in [-0.05, 0) is 32.1 Å². The van der Waals surface area contributed by atoms with E-state index in [1.807, 2.05) is 0 Å². The Bertz CT molecular complexity index is 693. The van der Waals surface area contributed by atoms with E-state index in [1.54, 1.807) is 0 Å². The van der Waals surface area contributed by atoms with Crippen LogP contribution in [0.15, 0.2) is 12.1 Å². The van der Waals surface area contributed by atoms with Crippen LogP contribution in [0.5, 0.6) is 5.75 Å². The van der Waals surface area contributed by atoms with Crippen LogP contribution in [-0.2, 0) is 14.2 Å². The number of halogens is 5. The second-order valence-electron chi connectivity index (χ2n) is 8.68. The van der Waals surface area contributed by atoms with Crippen molar-refractivity contribution >= 4 is 0 Å². The summed E-state index contributed by atoms with van der Waals surface area (Å²) in [7, 11) is 0. The minimum atomic E-state index is -3.81. The van der Waals surface area contributed by atoms with E-state index in [4.69, 9.17) is 14.2 Å². The Morgan fingerprint density at radius 1 is 0.969 bits per heavy atom. The van der Waals surface area contributed by atoms with Crippen molar-refractivity contribution in [1.82, 2.24) is 0 Å². The summed E-state index contributed by atoms with van der Waals surface area (Å²) in [6.07, 6.45) is 2.85. The van der Waals surface area contributed by atoms with Crippen LogP contribution in [0.4, 0.5) is 22.0 Å². The van der Waals surface area contributed by atoms with Gasteiger partial charge in [-0.25, -0.2) is 13.2 Å². The van der Waals surface area contributed by atoms with Gasteiger partial charge >= 0.3 is 6.11 Å². The molecule has 1 saturated carbocycles. The summed E-state index contributed by atoms with van der Waals surface area (Å²) in [6, 6.07) is 0.742. The quantitative estimate of drug-likeness (QED) is 0.233. The van der Waals surface area contributed by atoms with Gasteiger partial charge in [0.15, 0.2) is 30.3 Å². The molecule has 182 valence electrons. The maximum absolute atomic E-state index is 14.0. The number of rotatable bonds is 10. The van der Waals surface area contributed by atoms with E-state index in [0.29, 0.717) is 44.1 Å². The zero-order valence-corrected chi connectivity index (χ0v) is 18.3. The first-order valence-corrected chi connectivity index (χ1v) is 11.3. The number of alkyl halides is 2. The van der Waals surface area contributed by atoms with Crippen molar-refractivity contribution in [3.8, 4) is 5.75 Å². The first kappa shape index (κ1) is 25.2. The van der Waals surface area contributed by atoms with Crippen LogP contribution in [0, 0.1) is 29.3 Å². The zero-order chi connectivity index (χ0) is 23.1. The highest BCUT2D eigenvalue weighted by molar-refractivity contribution is 5.25. The van der Waals surface area contributed by atoms with Gasteiger partial charge in [0.25, 0.3) is 0 Å². The molecule has 1 saturated heterocycles. The van der Waals surface area contributed by atoms with Crippen molar-refractivity contribution in [2.45, 2.75) is 76.8 Å². The Labute approximate surface area is 185 Å². The van der Waals surface area contributed by atoms with Gasteiger partial charge in [-0.15, -0.1) is 0 Å². The Morgan fingerprint density at radius 3 is 2.19 bits per heavy atom. The number of unbranched alkanes of at least 4 members (excludes halogenated alkanes) is 2. The standard InChI is InChI=1S/C23H31F5O4/c1-2-3-4-5-15-12-29-22(30-13-15)16-6-8-17(9-7-16)31-14-23(27,28)32-18-10-19(24)21(26)20(25)11-18/h10-11,15-17,22H,2-9,12-14H2,1H3. The molecule has 2 fully saturated rings. The van der Waals surface area contributed by atoms with Gasteiger partial charge in [-0.1, -0.05) is 26.2 Å². The van der Waals surface area contributed by atoms with Crippen LogP contribution >= 0.6 is 0 Å². The SMILES string of the molecule is CCCCCC1COC(C2CCC(OCC(F)(F)Oc3cc(F)c(F)c(F)c3)CC2)OC1. The lowest BCUT2D eigenvalue weighted by atomic mass is 9.86. The topological polar surface area (TPSA) is 36.9 Å². The molecule has 1 aromatic carbocycles. The molecule has 0 aromatic heterocycles. The third-order valence-electron chi connectivity index (χ3n) is 6.02. The summed E-state index contributed by atoms with van der Waals surface area (Å²) in [5.74, 6) is -5.12. The summed E-state index contributed by atoms with van der Waals surface area (Å²) >= 11 is 0. The molecule has 32 heavy (non-hydrogen) atoms. The van der Waals surface area contributed by atoms with E-state index in [9.17, 15) is 22.0 Å². The highest BCUT2D eigenvalue weighted by atomic mass is 19.3. The molecule has 1 heterocycles. The minimum Gasteiger partial charge on any atom is -0.431 e. The molecule has 1 aliphatic carbocycles. The van der Waals surface area contributed by atoms with E-state index in [2.05, 4.69) is 11.7 Å². The second kappa shape index (κ2) is 11.6. The highest BCUT2D eigenvalue weighted by Crippen LogP contribution is 2.34. The van der Waals surface area contributed by atoms with Gasteiger partial charge in [0.1, 0.15) is 5.75 Å². The van der Waals surface area contributed by atoms with E-state index in [1.165, 1.54) is 19.3 Å². The van der Waals surface area contributed by atoms with Crippen LogP contribution < -0.4 is 4.74 Å². The molecular weight excluding hydrogens is 435 g/mol. The molecule has 1 aliphatic heterocycles. The molecule has 4 nitrogen and oxygen atoms in total. The fourth-order valence-electron chi connectivity index (χ4n) is 4.22. The Hall–Kier alpha value is -1.45. The summed E-state index contributed by atoms with van der Waals surface area (Å²) in [4.78, 5) is 0. The highest BCUT2D eigenvalue weighted by Gasteiger charge is 2.37. The normalized spacial score (nSPS) is 26.8. The predicted octanol–water partition coefficient (Wildman–Crippen LogP) is 6.22. The van der Waals surface area contributed by atoms with Crippen LogP contribution in [0.3, 0.4) is 0 Å². The van der Waals surface area contributed by atoms with Crippen LogP contribution in [-0.4, -0.2) is 38.3 Å². The van der Waals surface area contributed by atoms with Crippen LogP contribution in [0.1, 0.15) is 58.3 Å². The molecule has 0 bridgehead atoms. The van der Waals surface area contributed by atoms with Gasteiger partial charge in [-0.3, -0.25) is 0 Å². The fourth-order valence-corrected chi connectivity index (χ4v) is 4.22. The molecule has 0 radical (unpaired) electrons. The zero-order valence-electron chi connectivity index (χ0n) is 18.3. The largest absolute Gasteiger partial charge is 0.431 e. The Balaban J connectivity index is 1.37. The van der Waals surface area contributed by atoms with E-state index >= 15 is 0 Å². The van der Waals surface area contributed by atoms with Crippen LogP contribution in [0.25, 0.3) is 0 Å². The maximum Gasteiger partial charge on any atom is 0.421 e. The molecule has 1 aromatic rings. The maximum atomic E-state index is 14.0. The monoisotopic (exact) mass is 466 g/mol. The first-order chi connectivity index (χ1) is 15.3. The van der Waals surface area contributed by atoms with Gasteiger partial charge in [-0.2, -0.15) is 8.78 Å². The van der Waals surface area contributed by atoms with Crippen LogP contribution in [0.2, 0.25) is 0 Å². The number of ether oxygens (including phenoxy) is 4. The number of hydrogen-bond acceptors (Lipinski definition) is 4. The van der Waals surface area contributed by atoms with Gasteiger partial charge < -0.3 is 18.9 Å². The summed E-state index contributed by atoms with van der Waals surface area (Å²) in [5, 5.41) is 0. The predicted molar refractivity (Wildman–Crippen MR) is 107 cm³/mol. The molecule has 0 atom stereocenters. The van der Waals surface area contributed by atoms with Gasteiger partial charge in [0, 0.05) is 24.0 Å². The van der Waals surface area contributed by atoms with Crippen molar-refractivity contribution < 1.29 is 40.9 Å². The van der Waals surface area contributed by atoms with Gasteiger partial charge in [0.2, 0.25) is 0 Å². The third-order valence-corrected chi connectivity index (χ3v) is 6.02. The Kier molecular flexibility index (Phi) is 9.13. The van der Waals surface area contributed by atoms with Gasteiger partial charge in [0.05, 0.1) is 19.3 Å². The summed E-state index contributed by atoms with van der Waals surface area (Å²) in [6.45, 7) is 2.49. The lowest BCUT2D eigenvalue weighted by Crippen LogP contribution is -2.40. The summed E-state index contributed by atoms with van der Waals surface area (Å²) in [5.41, 5.74) is 0. The summed E-state index contributed by atoms with van der Waals surface area (Å²) < 4.78 is 88.8. The number of hydrogen-bond donors (Lipinski definition) is 0. The van der Waals surface area contributed by atoms with Crippen molar-refractivity contribution in [1.29, 1.82) is 0 Å². The van der Waals surface area contributed by atoms with E-state index in [0.717, 1.165) is 19.3 Å². The molecule has 9 heteroatoms. The molecule has 3 rings (SSSR count). The molecule has 0 spiro atoms. The molecule has 2 aliphatic rings. The lowest BCUT2D eigenvalue weighted by molar-refractivity contribution is -0.239. The van der Waals surface area contributed by atoms with E-state index < -0.39 is 35.9 Å². The average Bonchev–Trinajstić information content (AvgIpc) is 2.77. The lowest BCUT2D eigenvalue weighted by Gasteiger charge is -2.37.